The first-order valence-corrected chi connectivity index (χ1v) is 9.25. The van der Waals surface area contributed by atoms with Gasteiger partial charge in [0, 0.05) is 30.5 Å². The van der Waals surface area contributed by atoms with Gasteiger partial charge in [0.05, 0.1) is 26.0 Å². The van der Waals surface area contributed by atoms with Crippen LogP contribution in [-0.2, 0) is 4.74 Å². The third kappa shape index (κ3) is 5.42. The molecule has 27 heavy (non-hydrogen) atoms. The van der Waals surface area contributed by atoms with Crippen molar-refractivity contribution < 1.29 is 9.47 Å². The molecule has 2 aromatic carbocycles. The van der Waals surface area contributed by atoms with Crippen LogP contribution in [0.2, 0.25) is 0 Å². The van der Waals surface area contributed by atoms with Crippen LogP contribution < -0.4 is 20.4 Å². The highest BCUT2D eigenvalue weighted by molar-refractivity contribution is 7.80. The van der Waals surface area contributed by atoms with Gasteiger partial charge in [0.25, 0.3) is 0 Å². The van der Waals surface area contributed by atoms with Crippen molar-refractivity contribution in [2.45, 2.75) is 6.92 Å². The van der Waals surface area contributed by atoms with Crippen molar-refractivity contribution in [3.05, 3.63) is 54.1 Å². The number of rotatable bonds is 5. The Balaban J connectivity index is 1.57. The monoisotopic (exact) mass is 384 g/mol. The van der Waals surface area contributed by atoms with E-state index in [2.05, 4.69) is 45.0 Å². The van der Waals surface area contributed by atoms with E-state index in [1.54, 1.807) is 7.11 Å². The fourth-order valence-electron chi connectivity index (χ4n) is 2.79. The van der Waals surface area contributed by atoms with E-state index in [9.17, 15) is 0 Å². The number of benzene rings is 2. The van der Waals surface area contributed by atoms with Crippen molar-refractivity contribution in [2.75, 3.05) is 43.6 Å². The molecule has 1 saturated heterocycles. The lowest BCUT2D eigenvalue weighted by atomic mass is 10.1. The maximum Gasteiger partial charge on any atom is 0.191 e. The molecule has 0 saturated carbocycles. The van der Waals surface area contributed by atoms with Crippen molar-refractivity contribution in [3.63, 3.8) is 0 Å². The first-order valence-electron chi connectivity index (χ1n) is 8.84. The largest absolute Gasteiger partial charge is 0.497 e. The Morgan fingerprint density at radius 2 is 1.89 bits per heavy atom. The molecule has 0 radical (unpaired) electrons. The summed E-state index contributed by atoms with van der Waals surface area (Å²) in [4.78, 5) is 2.32. The van der Waals surface area contributed by atoms with Crippen molar-refractivity contribution in [1.82, 2.24) is 5.43 Å². The molecule has 0 aliphatic carbocycles. The maximum absolute atomic E-state index is 5.40. The van der Waals surface area contributed by atoms with Crippen molar-refractivity contribution in [3.8, 4) is 5.75 Å². The second kappa shape index (κ2) is 9.34. The minimum absolute atomic E-state index is 0.424. The van der Waals surface area contributed by atoms with Crippen LogP contribution in [-0.4, -0.2) is 44.2 Å². The maximum atomic E-state index is 5.40. The fourth-order valence-corrected chi connectivity index (χ4v) is 2.96. The summed E-state index contributed by atoms with van der Waals surface area (Å²) in [6, 6.07) is 15.9. The Labute approximate surface area is 165 Å². The molecule has 1 heterocycles. The minimum atomic E-state index is 0.424. The molecule has 0 aromatic heterocycles. The summed E-state index contributed by atoms with van der Waals surface area (Å²) in [5, 5.41) is 7.89. The van der Waals surface area contributed by atoms with Gasteiger partial charge in [-0.05, 0) is 49.0 Å². The summed E-state index contributed by atoms with van der Waals surface area (Å²) in [5.41, 5.74) is 6.84. The number of ether oxygens (including phenoxy) is 2. The SMILES string of the molecule is COc1cccc(NC(=S)N/N=C(/C)c2ccc(N3CCOCC3)cc2)c1. The molecule has 2 aromatic rings. The van der Waals surface area contributed by atoms with E-state index in [-0.39, 0.29) is 0 Å². The lowest BCUT2D eigenvalue weighted by Crippen LogP contribution is -2.36. The zero-order valence-electron chi connectivity index (χ0n) is 15.6. The molecule has 0 spiro atoms. The number of morpholine rings is 1. The van der Waals surface area contributed by atoms with Gasteiger partial charge in [0.15, 0.2) is 5.11 Å². The summed E-state index contributed by atoms with van der Waals surface area (Å²) in [5.74, 6) is 0.767. The molecular formula is C20H24N4O2S. The zero-order chi connectivity index (χ0) is 19.1. The Morgan fingerprint density at radius 3 is 2.59 bits per heavy atom. The lowest BCUT2D eigenvalue weighted by molar-refractivity contribution is 0.122. The predicted molar refractivity (Wildman–Crippen MR) is 114 cm³/mol. The van der Waals surface area contributed by atoms with Gasteiger partial charge >= 0.3 is 0 Å². The van der Waals surface area contributed by atoms with E-state index in [1.165, 1.54) is 5.69 Å². The summed E-state index contributed by atoms with van der Waals surface area (Å²) in [6.07, 6.45) is 0. The van der Waals surface area contributed by atoms with Gasteiger partial charge in [-0.1, -0.05) is 18.2 Å². The highest BCUT2D eigenvalue weighted by Gasteiger charge is 2.11. The molecule has 2 N–H and O–H groups in total. The van der Waals surface area contributed by atoms with Crippen molar-refractivity contribution in [2.24, 2.45) is 5.10 Å². The molecule has 142 valence electrons. The Bertz CT molecular complexity index is 802. The highest BCUT2D eigenvalue weighted by Crippen LogP contribution is 2.18. The minimum Gasteiger partial charge on any atom is -0.497 e. The van der Waals surface area contributed by atoms with Gasteiger partial charge in [-0.15, -0.1) is 0 Å². The number of nitrogens with one attached hydrogen (secondary N) is 2. The third-order valence-electron chi connectivity index (χ3n) is 4.31. The number of thiocarbonyl (C=S) groups is 1. The van der Waals surface area contributed by atoms with Crippen molar-refractivity contribution >= 4 is 34.4 Å². The quantitative estimate of drug-likeness (QED) is 0.469. The summed E-state index contributed by atoms with van der Waals surface area (Å²) in [6.45, 7) is 5.37. The first-order chi connectivity index (χ1) is 13.2. The molecule has 0 atom stereocenters. The number of hydrogen-bond donors (Lipinski definition) is 2. The molecule has 0 amide bonds. The number of nitrogens with zero attached hydrogens (tertiary/aromatic N) is 2. The molecule has 3 rings (SSSR count). The Hall–Kier alpha value is -2.64. The molecule has 0 bridgehead atoms. The highest BCUT2D eigenvalue weighted by atomic mass is 32.1. The van der Waals surface area contributed by atoms with Crippen LogP contribution in [0, 0.1) is 0 Å². The van der Waals surface area contributed by atoms with Crippen molar-refractivity contribution in [1.29, 1.82) is 0 Å². The van der Waals surface area contributed by atoms with E-state index in [0.29, 0.717) is 5.11 Å². The van der Waals surface area contributed by atoms with Crippen LogP contribution in [0.3, 0.4) is 0 Å². The number of hydrogen-bond acceptors (Lipinski definition) is 5. The normalized spacial score (nSPS) is 14.6. The van der Waals surface area contributed by atoms with Crippen LogP contribution in [0.1, 0.15) is 12.5 Å². The average molecular weight is 385 g/mol. The Morgan fingerprint density at radius 1 is 1.15 bits per heavy atom. The van der Waals surface area contributed by atoms with Crippen LogP contribution >= 0.6 is 12.2 Å². The summed E-state index contributed by atoms with van der Waals surface area (Å²) in [7, 11) is 1.63. The van der Waals surface area contributed by atoms with Gasteiger partial charge in [0.1, 0.15) is 5.75 Å². The fraction of sp³-hybridized carbons (Fsp3) is 0.300. The molecule has 0 unspecified atom stereocenters. The lowest BCUT2D eigenvalue weighted by Gasteiger charge is -2.28. The average Bonchev–Trinajstić information content (AvgIpc) is 2.73. The molecule has 1 aliphatic heterocycles. The van der Waals surface area contributed by atoms with Crippen LogP contribution in [0.5, 0.6) is 5.75 Å². The standard InChI is InChI=1S/C20H24N4O2S/c1-15(16-6-8-18(9-7-16)24-10-12-26-13-11-24)22-23-20(27)21-17-4-3-5-19(14-17)25-2/h3-9,14H,10-13H2,1-2H3,(H2,21,23,27)/b22-15-. The predicted octanol–water partition coefficient (Wildman–Crippen LogP) is 3.24. The number of methoxy groups -OCH3 is 1. The second-order valence-corrected chi connectivity index (χ2v) is 6.55. The third-order valence-corrected chi connectivity index (χ3v) is 4.51. The van der Waals surface area contributed by atoms with Crippen LogP contribution in [0.15, 0.2) is 53.6 Å². The topological polar surface area (TPSA) is 58.1 Å². The summed E-state index contributed by atoms with van der Waals surface area (Å²) >= 11 is 5.30. The van der Waals surface area contributed by atoms with Gasteiger partial charge in [-0.2, -0.15) is 5.10 Å². The molecule has 1 fully saturated rings. The van der Waals surface area contributed by atoms with E-state index in [1.807, 2.05) is 31.2 Å². The van der Waals surface area contributed by atoms with Gasteiger partial charge < -0.3 is 19.7 Å². The van der Waals surface area contributed by atoms with Gasteiger partial charge in [-0.3, -0.25) is 5.43 Å². The van der Waals surface area contributed by atoms with E-state index >= 15 is 0 Å². The van der Waals surface area contributed by atoms with E-state index < -0.39 is 0 Å². The first kappa shape index (κ1) is 19.1. The molecule has 1 aliphatic rings. The number of anilines is 2. The number of hydrazone groups is 1. The van der Waals surface area contributed by atoms with Crippen LogP contribution in [0.4, 0.5) is 11.4 Å². The molecule has 6 nitrogen and oxygen atoms in total. The van der Waals surface area contributed by atoms with E-state index in [4.69, 9.17) is 21.7 Å². The van der Waals surface area contributed by atoms with Gasteiger partial charge in [0.2, 0.25) is 0 Å². The summed E-state index contributed by atoms with van der Waals surface area (Å²) < 4.78 is 10.6. The second-order valence-electron chi connectivity index (χ2n) is 6.14. The smallest absolute Gasteiger partial charge is 0.191 e. The molecular weight excluding hydrogens is 360 g/mol. The Kier molecular flexibility index (Phi) is 6.62. The van der Waals surface area contributed by atoms with Crippen LogP contribution in [0.25, 0.3) is 0 Å². The molecule has 7 heteroatoms. The van der Waals surface area contributed by atoms with Gasteiger partial charge in [-0.25, -0.2) is 0 Å². The zero-order valence-corrected chi connectivity index (χ0v) is 16.4. The van der Waals surface area contributed by atoms with E-state index in [0.717, 1.165) is 49.0 Å².